The molecule has 0 aliphatic carbocycles. The van der Waals surface area contributed by atoms with E-state index in [0.29, 0.717) is 39.8 Å². The van der Waals surface area contributed by atoms with E-state index in [-0.39, 0.29) is 17.9 Å². The minimum Gasteiger partial charge on any atom is -0.351 e. The summed E-state index contributed by atoms with van der Waals surface area (Å²) >= 11 is 2.86. The number of aromatic nitrogens is 4. The lowest BCUT2D eigenvalue weighted by Crippen LogP contribution is -2.52. The van der Waals surface area contributed by atoms with Crippen molar-refractivity contribution in [2.24, 2.45) is 5.73 Å². The number of piperidine rings is 1. The molecule has 0 spiro atoms. The molecule has 4 aromatic rings. The molecule has 3 aromatic heterocycles. The fourth-order valence-corrected chi connectivity index (χ4v) is 7.73. The molecule has 0 radical (unpaired) electrons. The number of rotatable bonds is 6. The summed E-state index contributed by atoms with van der Waals surface area (Å²) in [5.74, 6) is 0.477. The standard InChI is InChI=1S/C26H28FN9OS2/c1-4-19-22(34(3)24-31-21(20(13-28)38-24)14-5-7-15(27)8-6-14)36-25(30-19)39-26(32-36)35-16-9-10-17(35)12-18(11-16)33(2)23(29)37/h5-8,16-18H,4,9-12H2,1-3H3,(H2,29,37). The SMILES string of the molecule is CCc1nc2sc(N3C4CCC3CC(N(C)C(N)=O)C4)nn2c1N(C)c1nc(-c2ccc(F)cc2)c(C#N)s1. The summed E-state index contributed by atoms with van der Waals surface area (Å²) in [7, 11) is 3.69. The lowest BCUT2D eigenvalue weighted by atomic mass is 9.97. The first kappa shape index (κ1) is 25.5. The molecule has 10 nitrogen and oxygen atoms in total. The van der Waals surface area contributed by atoms with Gasteiger partial charge in [-0.3, -0.25) is 0 Å². The Morgan fingerprint density at radius 3 is 2.49 bits per heavy atom. The van der Waals surface area contributed by atoms with E-state index in [1.165, 1.54) is 23.5 Å². The van der Waals surface area contributed by atoms with Crippen molar-refractivity contribution >= 4 is 49.7 Å². The van der Waals surface area contributed by atoms with Crippen molar-refractivity contribution in [1.29, 1.82) is 5.26 Å². The maximum absolute atomic E-state index is 13.5. The number of nitriles is 1. The predicted octanol–water partition coefficient (Wildman–Crippen LogP) is 4.77. The number of carbonyl (C=O) groups is 1. The number of anilines is 3. The maximum atomic E-state index is 13.5. The number of nitrogens with zero attached hydrogens (tertiary/aromatic N) is 8. The van der Waals surface area contributed by atoms with Crippen LogP contribution in [0.2, 0.25) is 0 Å². The zero-order valence-electron chi connectivity index (χ0n) is 21.8. The third-order valence-corrected chi connectivity index (χ3v) is 9.80. The molecule has 202 valence electrons. The molecule has 2 unspecified atom stereocenters. The number of primary amides is 1. The molecule has 2 saturated heterocycles. The maximum Gasteiger partial charge on any atom is 0.314 e. The summed E-state index contributed by atoms with van der Waals surface area (Å²) in [5.41, 5.74) is 7.66. The molecule has 39 heavy (non-hydrogen) atoms. The number of aryl methyl sites for hydroxylation is 1. The Kier molecular flexibility index (Phi) is 6.39. The molecule has 2 fully saturated rings. The van der Waals surface area contributed by atoms with Crippen LogP contribution in [0.3, 0.4) is 0 Å². The van der Waals surface area contributed by atoms with E-state index < -0.39 is 0 Å². The number of thiazole rings is 1. The van der Waals surface area contributed by atoms with Gasteiger partial charge < -0.3 is 20.4 Å². The Morgan fingerprint density at radius 1 is 1.18 bits per heavy atom. The summed E-state index contributed by atoms with van der Waals surface area (Å²) in [6, 6.07) is 8.60. The van der Waals surface area contributed by atoms with E-state index in [1.54, 1.807) is 35.4 Å². The van der Waals surface area contributed by atoms with Gasteiger partial charge in [-0.05, 0) is 56.4 Å². The van der Waals surface area contributed by atoms with Crippen molar-refractivity contribution < 1.29 is 9.18 Å². The first-order chi connectivity index (χ1) is 18.8. The van der Waals surface area contributed by atoms with Gasteiger partial charge in [0.15, 0.2) is 10.9 Å². The normalized spacial score (nSPS) is 20.4. The molecule has 2 aliphatic heterocycles. The summed E-state index contributed by atoms with van der Waals surface area (Å²) in [6.07, 6.45) is 4.57. The van der Waals surface area contributed by atoms with Crippen LogP contribution in [0.15, 0.2) is 24.3 Å². The second-order valence-electron chi connectivity index (χ2n) is 10.0. The predicted molar refractivity (Wildman–Crippen MR) is 150 cm³/mol. The Balaban J connectivity index is 1.34. The highest BCUT2D eigenvalue weighted by atomic mass is 32.1. The Morgan fingerprint density at radius 2 is 1.87 bits per heavy atom. The van der Waals surface area contributed by atoms with Crippen LogP contribution in [-0.4, -0.2) is 62.7 Å². The molecular weight excluding hydrogens is 537 g/mol. The first-order valence-corrected chi connectivity index (χ1v) is 14.5. The van der Waals surface area contributed by atoms with E-state index in [4.69, 9.17) is 20.8 Å². The van der Waals surface area contributed by atoms with Gasteiger partial charge in [-0.2, -0.15) is 9.78 Å². The number of carbonyl (C=O) groups excluding carboxylic acids is 1. The molecule has 1 aromatic carbocycles. The van der Waals surface area contributed by atoms with Crippen molar-refractivity contribution in [3.8, 4) is 17.3 Å². The quantitative estimate of drug-likeness (QED) is 0.358. The number of hydrogen-bond donors (Lipinski definition) is 1. The van der Waals surface area contributed by atoms with Crippen LogP contribution in [0.25, 0.3) is 16.2 Å². The molecule has 2 atom stereocenters. The average molecular weight is 566 g/mol. The highest BCUT2D eigenvalue weighted by Gasteiger charge is 2.44. The fraction of sp³-hybridized carbons (Fsp3) is 0.423. The van der Waals surface area contributed by atoms with Crippen LogP contribution >= 0.6 is 22.7 Å². The van der Waals surface area contributed by atoms with Crippen LogP contribution in [0.5, 0.6) is 0 Å². The van der Waals surface area contributed by atoms with Crippen LogP contribution in [0.1, 0.15) is 43.2 Å². The number of imidazole rings is 1. The zero-order valence-corrected chi connectivity index (χ0v) is 23.5. The molecular formula is C26H28FN9OS2. The summed E-state index contributed by atoms with van der Waals surface area (Å²) in [4.78, 5) is 28.7. The van der Waals surface area contributed by atoms with Gasteiger partial charge in [-0.1, -0.05) is 29.6 Å². The van der Waals surface area contributed by atoms with Crippen molar-refractivity contribution in [3.63, 3.8) is 0 Å². The molecule has 2 N–H and O–H groups in total. The molecule has 2 amide bonds. The van der Waals surface area contributed by atoms with Crippen LogP contribution in [0.4, 0.5) is 25.3 Å². The molecule has 0 saturated carbocycles. The lowest BCUT2D eigenvalue weighted by molar-refractivity contribution is 0.180. The largest absolute Gasteiger partial charge is 0.351 e. The zero-order chi connectivity index (χ0) is 27.4. The van der Waals surface area contributed by atoms with Gasteiger partial charge in [-0.25, -0.2) is 19.2 Å². The lowest BCUT2D eigenvalue weighted by Gasteiger charge is -2.41. The van der Waals surface area contributed by atoms with Crippen LogP contribution in [0, 0.1) is 17.1 Å². The number of halogens is 1. The number of urea groups is 1. The third-order valence-electron chi connectivity index (χ3n) is 7.84. The topological polar surface area (TPSA) is 120 Å². The van der Waals surface area contributed by atoms with Gasteiger partial charge >= 0.3 is 6.03 Å². The van der Waals surface area contributed by atoms with Crippen LogP contribution < -0.4 is 15.5 Å². The van der Waals surface area contributed by atoms with E-state index in [9.17, 15) is 14.4 Å². The van der Waals surface area contributed by atoms with Crippen molar-refractivity contribution in [2.45, 2.75) is 57.2 Å². The Labute approximate surface area is 233 Å². The van der Waals surface area contributed by atoms with Crippen molar-refractivity contribution in [3.05, 3.63) is 40.7 Å². The smallest absolute Gasteiger partial charge is 0.314 e. The molecule has 2 bridgehead atoms. The number of amides is 2. The van der Waals surface area contributed by atoms with Gasteiger partial charge in [0.05, 0.1) is 5.69 Å². The summed E-state index contributed by atoms with van der Waals surface area (Å²) < 4.78 is 15.4. The molecule has 13 heteroatoms. The second kappa shape index (κ2) is 9.77. The van der Waals surface area contributed by atoms with Crippen molar-refractivity contribution in [2.75, 3.05) is 23.9 Å². The van der Waals surface area contributed by atoms with Crippen molar-refractivity contribution in [1.82, 2.24) is 24.5 Å². The second-order valence-corrected chi connectivity index (χ2v) is 11.9. The number of benzene rings is 1. The fourth-order valence-electron chi connectivity index (χ4n) is 5.83. The highest BCUT2D eigenvalue weighted by molar-refractivity contribution is 7.20. The third kappa shape index (κ3) is 4.28. The summed E-state index contributed by atoms with van der Waals surface area (Å²) in [6.45, 7) is 2.05. The number of fused-ring (bicyclic) bond motifs is 3. The average Bonchev–Trinajstić information content (AvgIpc) is 3.67. The van der Waals surface area contributed by atoms with Crippen LogP contribution in [-0.2, 0) is 6.42 Å². The van der Waals surface area contributed by atoms with E-state index in [2.05, 4.69) is 17.9 Å². The Bertz CT molecular complexity index is 1570. The van der Waals surface area contributed by atoms with Gasteiger partial charge in [0.2, 0.25) is 10.1 Å². The first-order valence-electron chi connectivity index (χ1n) is 12.9. The van der Waals surface area contributed by atoms with Gasteiger partial charge in [0.1, 0.15) is 22.5 Å². The van der Waals surface area contributed by atoms with E-state index in [1.807, 2.05) is 16.5 Å². The molecule has 5 heterocycles. The van der Waals surface area contributed by atoms with Gasteiger partial charge in [0, 0.05) is 37.8 Å². The number of hydrogen-bond acceptors (Lipinski definition) is 9. The Hall–Kier alpha value is -3.76. The van der Waals surface area contributed by atoms with E-state index in [0.717, 1.165) is 47.3 Å². The molecule has 6 rings (SSSR count). The minimum atomic E-state index is -0.385. The van der Waals surface area contributed by atoms with Gasteiger partial charge in [0.25, 0.3) is 0 Å². The summed E-state index contributed by atoms with van der Waals surface area (Å²) in [5, 5.41) is 16.4. The van der Waals surface area contributed by atoms with Gasteiger partial charge in [-0.15, -0.1) is 5.10 Å². The highest BCUT2D eigenvalue weighted by Crippen LogP contribution is 2.43. The monoisotopic (exact) mass is 565 g/mol. The van der Waals surface area contributed by atoms with E-state index >= 15 is 0 Å². The minimum absolute atomic E-state index is 0.142. The molecule has 2 aliphatic rings. The number of nitrogens with two attached hydrogens (primary N) is 1.